The quantitative estimate of drug-likeness (QED) is 0.728. The second-order valence-corrected chi connectivity index (χ2v) is 7.48. The summed E-state index contributed by atoms with van der Waals surface area (Å²) >= 11 is 0. The van der Waals surface area contributed by atoms with Gasteiger partial charge in [0.05, 0.1) is 16.5 Å². The first-order chi connectivity index (χ1) is 13.5. The predicted octanol–water partition coefficient (Wildman–Crippen LogP) is 3.11. The highest BCUT2D eigenvalue weighted by molar-refractivity contribution is 6.21. The van der Waals surface area contributed by atoms with E-state index in [0.29, 0.717) is 30.6 Å². The molecule has 0 saturated heterocycles. The Morgan fingerprint density at radius 2 is 1.50 bits per heavy atom. The van der Waals surface area contributed by atoms with Crippen molar-refractivity contribution in [2.24, 2.45) is 5.92 Å². The van der Waals surface area contributed by atoms with E-state index in [0.717, 1.165) is 5.56 Å². The maximum absolute atomic E-state index is 13.4. The number of imide groups is 1. The van der Waals surface area contributed by atoms with Crippen LogP contribution in [0.5, 0.6) is 0 Å². The molecule has 1 aliphatic carbocycles. The fourth-order valence-electron chi connectivity index (χ4n) is 4.44. The molecule has 28 heavy (non-hydrogen) atoms. The van der Waals surface area contributed by atoms with Crippen LogP contribution < -0.4 is 0 Å². The minimum absolute atomic E-state index is 0.0646. The molecule has 2 aromatic rings. The summed E-state index contributed by atoms with van der Waals surface area (Å²) in [4.78, 5) is 42.0. The van der Waals surface area contributed by atoms with Crippen LogP contribution in [-0.4, -0.2) is 47.2 Å². The molecule has 4 rings (SSSR count). The van der Waals surface area contributed by atoms with Crippen molar-refractivity contribution in [2.75, 3.05) is 19.6 Å². The molecule has 0 N–H and O–H groups in total. The van der Waals surface area contributed by atoms with Gasteiger partial charge in [-0.05, 0) is 43.9 Å². The number of nitrogens with zero attached hydrogens (tertiary/aromatic N) is 2. The normalized spacial score (nSPS) is 22.9. The highest BCUT2D eigenvalue weighted by Crippen LogP contribution is 2.56. The summed E-state index contributed by atoms with van der Waals surface area (Å²) in [5.41, 5.74) is 1.22. The van der Waals surface area contributed by atoms with Crippen LogP contribution in [0.15, 0.2) is 54.6 Å². The zero-order valence-corrected chi connectivity index (χ0v) is 16.2. The lowest BCUT2D eigenvalue weighted by Gasteiger charge is -2.27. The van der Waals surface area contributed by atoms with Crippen LogP contribution in [0.4, 0.5) is 0 Å². The maximum Gasteiger partial charge on any atom is 0.261 e. The number of hydrogen-bond acceptors (Lipinski definition) is 3. The van der Waals surface area contributed by atoms with Crippen LogP contribution in [0, 0.1) is 5.92 Å². The minimum Gasteiger partial charge on any atom is -0.342 e. The van der Waals surface area contributed by atoms with Gasteiger partial charge in [-0.15, -0.1) is 0 Å². The van der Waals surface area contributed by atoms with Crippen molar-refractivity contribution < 1.29 is 14.4 Å². The summed E-state index contributed by atoms with van der Waals surface area (Å²) < 4.78 is 0. The molecule has 0 aromatic heterocycles. The standard InChI is InChI=1S/C23H24N2O3/c1-3-24(4-2)22(28)23(16-10-6-5-7-11-16)14-17(23)15-25-20(26)18-12-8-9-13-19(18)21(25)27/h5-13,17H,3-4,14-15H2,1-2H3/t17-,23+/m1/s1. The van der Waals surface area contributed by atoms with Gasteiger partial charge in [0.25, 0.3) is 11.8 Å². The largest absolute Gasteiger partial charge is 0.342 e. The summed E-state index contributed by atoms with van der Waals surface area (Å²) in [5.74, 6) is -0.495. The lowest BCUT2D eigenvalue weighted by molar-refractivity contribution is -0.134. The van der Waals surface area contributed by atoms with Crippen LogP contribution in [0.25, 0.3) is 0 Å². The topological polar surface area (TPSA) is 57.7 Å². The van der Waals surface area contributed by atoms with Crippen LogP contribution in [0.1, 0.15) is 46.5 Å². The number of rotatable bonds is 6. The van der Waals surface area contributed by atoms with Gasteiger partial charge in [0.15, 0.2) is 0 Å². The Kier molecular flexibility index (Phi) is 4.53. The van der Waals surface area contributed by atoms with Gasteiger partial charge in [-0.3, -0.25) is 19.3 Å². The number of amides is 3. The smallest absolute Gasteiger partial charge is 0.261 e. The first kappa shape index (κ1) is 18.4. The van der Waals surface area contributed by atoms with Gasteiger partial charge in [-0.1, -0.05) is 42.5 Å². The molecule has 0 bridgehead atoms. The Hall–Kier alpha value is -2.95. The van der Waals surface area contributed by atoms with E-state index in [1.54, 1.807) is 24.3 Å². The summed E-state index contributed by atoms with van der Waals surface area (Å²) in [7, 11) is 0. The SMILES string of the molecule is CCN(CC)C(=O)[C@]1(c2ccccc2)C[C@@H]1CN1C(=O)c2ccccc2C1=O. The van der Waals surface area contributed by atoms with E-state index in [1.807, 2.05) is 49.1 Å². The molecule has 1 aliphatic heterocycles. The third-order valence-corrected chi connectivity index (χ3v) is 6.11. The molecule has 2 aliphatic rings. The molecule has 1 fully saturated rings. The van der Waals surface area contributed by atoms with Crippen molar-refractivity contribution in [3.05, 3.63) is 71.3 Å². The number of fused-ring (bicyclic) bond motifs is 1. The molecule has 3 amide bonds. The summed E-state index contributed by atoms with van der Waals surface area (Å²) in [6.45, 7) is 5.50. The second kappa shape index (κ2) is 6.89. The Labute approximate surface area is 164 Å². The molecule has 2 atom stereocenters. The van der Waals surface area contributed by atoms with Gasteiger partial charge in [-0.25, -0.2) is 0 Å². The molecule has 1 saturated carbocycles. The molecule has 2 aromatic carbocycles. The number of likely N-dealkylation sites (N-methyl/N-ethyl adjacent to an activating group) is 1. The summed E-state index contributed by atoms with van der Waals surface area (Å²) in [6.07, 6.45) is 0.653. The van der Waals surface area contributed by atoms with E-state index < -0.39 is 5.41 Å². The first-order valence-corrected chi connectivity index (χ1v) is 9.84. The number of benzene rings is 2. The Bertz CT molecular complexity index is 901. The van der Waals surface area contributed by atoms with Crippen LogP contribution in [0.3, 0.4) is 0 Å². The van der Waals surface area contributed by atoms with Gasteiger partial charge in [0, 0.05) is 19.6 Å². The van der Waals surface area contributed by atoms with Crippen molar-refractivity contribution in [3.63, 3.8) is 0 Å². The number of hydrogen-bond donors (Lipinski definition) is 0. The van der Waals surface area contributed by atoms with Crippen molar-refractivity contribution >= 4 is 17.7 Å². The van der Waals surface area contributed by atoms with Crippen LogP contribution >= 0.6 is 0 Å². The molecule has 144 valence electrons. The highest BCUT2D eigenvalue weighted by atomic mass is 16.2. The predicted molar refractivity (Wildman–Crippen MR) is 106 cm³/mol. The van der Waals surface area contributed by atoms with Gasteiger partial charge in [0.2, 0.25) is 5.91 Å². The van der Waals surface area contributed by atoms with E-state index in [1.165, 1.54) is 4.90 Å². The monoisotopic (exact) mass is 376 g/mol. The molecule has 5 heteroatoms. The van der Waals surface area contributed by atoms with E-state index >= 15 is 0 Å². The van der Waals surface area contributed by atoms with Crippen LogP contribution in [0.2, 0.25) is 0 Å². The summed E-state index contributed by atoms with van der Waals surface area (Å²) in [6, 6.07) is 16.7. The lowest BCUT2D eigenvalue weighted by atomic mass is 9.91. The molecule has 1 heterocycles. The van der Waals surface area contributed by atoms with Crippen LogP contribution in [-0.2, 0) is 10.2 Å². The highest BCUT2D eigenvalue weighted by Gasteiger charge is 2.63. The second-order valence-electron chi connectivity index (χ2n) is 7.48. The van der Waals surface area contributed by atoms with E-state index in [4.69, 9.17) is 0 Å². The van der Waals surface area contributed by atoms with E-state index in [-0.39, 0.29) is 30.2 Å². The third kappa shape index (κ3) is 2.65. The zero-order valence-electron chi connectivity index (χ0n) is 16.2. The van der Waals surface area contributed by atoms with Gasteiger partial charge >= 0.3 is 0 Å². The third-order valence-electron chi connectivity index (χ3n) is 6.11. The lowest BCUT2D eigenvalue weighted by Crippen LogP contribution is -2.42. The first-order valence-electron chi connectivity index (χ1n) is 9.84. The Morgan fingerprint density at radius 1 is 0.964 bits per heavy atom. The van der Waals surface area contributed by atoms with E-state index in [2.05, 4.69) is 0 Å². The Morgan fingerprint density at radius 3 is 2.04 bits per heavy atom. The summed E-state index contributed by atoms with van der Waals surface area (Å²) in [5, 5.41) is 0. The molecular formula is C23H24N2O3. The van der Waals surface area contributed by atoms with Crippen molar-refractivity contribution in [3.8, 4) is 0 Å². The zero-order chi connectivity index (χ0) is 19.9. The molecular weight excluding hydrogens is 352 g/mol. The van der Waals surface area contributed by atoms with Gasteiger partial charge in [-0.2, -0.15) is 0 Å². The molecule has 0 spiro atoms. The molecule has 5 nitrogen and oxygen atoms in total. The van der Waals surface area contributed by atoms with Crippen molar-refractivity contribution in [1.29, 1.82) is 0 Å². The maximum atomic E-state index is 13.4. The average Bonchev–Trinajstić information content (AvgIpc) is 3.42. The fraction of sp³-hybridized carbons (Fsp3) is 0.348. The van der Waals surface area contributed by atoms with Gasteiger partial charge < -0.3 is 4.90 Å². The van der Waals surface area contributed by atoms with Crippen molar-refractivity contribution in [1.82, 2.24) is 9.80 Å². The average molecular weight is 376 g/mol. The van der Waals surface area contributed by atoms with E-state index in [9.17, 15) is 14.4 Å². The minimum atomic E-state index is -0.650. The van der Waals surface area contributed by atoms with Crippen molar-refractivity contribution in [2.45, 2.75) is 25.7 Å². The fourth-order valence-corrected chi connectivity index (χ4v) is 4.44. The number of carbonyl (C=O) groups excluding carboxylic acids is 3. The van der Waals surface area contributed by atoms with Gasteiger partial charge in [0.1, 0.15) is 0 Å². The Balaban J connectivity index is 1.63. The number of carbonyl (C=O) groups is 3. The molecule has 0 unspecified atom stereocenters. The molecule has 0 radical (unpaired) electrons.